The van der Waals surface area contributed by atoms with E-state index in [4.69, 9.17) is 4.74 Å². The summed E-state index contributed by atoms with van der Waals surface area (Å²) in [5, 5.41) is 10.6. The van der Waals surface area contributed by atoms with Crippen LogP contribution in [-0.4, -0.2) is 35.7 Å². The quantitative estimate of drug-likeness (QED) is 0.604. The summed E-state index contributed by atoms with van der Waals surface area (Å²) in [7, 11) is 0. The van der Waals surface area contributed by atoms with Crippen LogP contribution in [0.4, 0.5) is 11.5 Å². The summed E-state index contributed by atoms with van der Waals surface area (Å²) >= 11 is 0. The van der Waals surface area contributed by atoms with E-state index >= 15 is 0 Å². The van der Waals surface area contributed by atoms with Gasteiger partial charge in [-0.3, -0.25) is 10.1 Å². The van der Waals surface area contributed by atoms with Gasteiger partial charge in [0, 0.05) is 25.8 Å². The smallest absolute Gasteiger partial charge is 0.287 e. The van der Waals surface area contributed by atoms with Crippen molar-refractivity contribution in [3.8, 4) is 0 Å². The molecule has 6 heteroatoms. The van der Waals surface area contributed by atoms with Crippen molar-refractivity contribution in [3.63, 3.8) is 0 Å². The van der Waals surface area contributed by atoms with E-state index in [2.05, 4.69) is 9.88 Å². The Labute approximate surface area is 106 Å². The van der Waals surface area contributed by atoms with Gasteiger partial charge >= 0.3 is 0 Å². The summed E-state index contributed by atoms with van der Waals surface area (Å²) in [6, 6.07) is 3.19. The molecule has 0 spiro atoms. The van der Waals surface area contributed by atoms with Crippen molar-refractivity contribution in [2.24, 2.45) is 0 Å². The predicted octanol–water partition coefficient (Wildman–Crippen LogP) is 2.00. The number of nitro groups is 1. The fraction of sp³-hybridized carbons (Fsp3) is 0.583. The van der Waals surface area contributed by atoms with E-state index in [1.165, 1.54) is 12.3 Å². The van der Waals surface area contributed by atoms with Crippen molar-refractivity contribution in [3.05, 3.63) is 28.4 Å². The SMILES string of the molecule is CCOC1CCCN(c2ccc([N+](=O)[O-])cn2)C1. The highest BCUT2D eigenvalue weighted by molar-refractivity contribution is 5.43. The molecule has 1 aromatic rings. The molecular formula is C12H17N3O3. The maximum absolute atomic E-state index is 10.6. The first-order chi connectivity index (χ1) is 8.70. The first-order valence-electron chi connectivity index (χ1n) is 6.17. The van der Waals surface area contributed by atoms with E-state index in [1.807, 2.05) is 6.92 Å². The normalized spacial score (nSPS) is 19.8. The third-order valence-corrected chi connectivity index (χ3v) is 3.05. The second-order valence-corrected chi connectivity index (χ2v) is 4.30. The van der Waals surface area contributed by atoms with Gasteiger partial charge < -0.3 is 9.64 Å². The molecule has 0 aliphatic carbocycles. The van der Waals surface area contributed by atoms with E-state index < -0.39 is 4.92 Å². The number of hydrogen-bond donors (Lipinski definition) is 0. The number of hydrogen-bond acceptors (Lipinski definition) is 5. The molecule has 0 bridgehead atoms. The summed E-state index contributed by atoms with van der Waals surface area (Å²) in [6.45, 7) is 4.43. The number of aromatic nitrogens is 1. The monoisotopic (exact) mass is 251 g/mol. The number of piperidine rings is 1. The fourth-order valence-corrected chi connectivity index (χ4v) is 2.19. The summed E-state index contributed by atoms with van der Waals surface area (Å²) in [6.07, 6.45) is 3.67. The summed E-state index contributed by atoms with van der Waals surface area (Å²) in [5.74, 6) is 0.782. The molecule has 0 radical (unpaired) electrons. The molecule has 1 saturated heterocycles. The Bertz CT molecular complexity index is 406. The Morgan fingerprint density at radius 3 is 3.06 bits per heavy atom. The minimum atomic E-state index is -0.435. The van der Waals surface area contributed by atoms with E-state index in [-0.39, 0.29) is 11.8 Å². The van der Waals surface area contributed by atoms with Crippen molar-refractivity contribution in [1.82, 2.24) is 4.98 Å². The highest BCUT2D eigenvalue weighted by Crippen LogP contribution is 2.21. The molecule has 1 atom stereocenters. The molecule has 2 heterocycles. The standard InChI is InChI=1S/C12H17N3O3/c1-2-18-11-4-3-7-14(9-11)12-6-5-10(8-13-12)15(16)17/h5-6,8,11H,2-4,7,9H2,1H3. The minimum absolute atomic E-state index is 0.0251. The fourth-order valence-electron chi connectivity index (χ4n) is 2.19. The van der Waals surface area contributed by atoms with Gasteiger partial charge in [0.25, 0.3) is 5.69 Å². The molecule has 0 saturated carbocycles. The Balaban J connectivity index is 2.04. The molecule has 1 aromatic heterocycles. The summed E-state index contributed by atoms with van der Waals surface area (Å²) < 4.78 is 5.62. The molecule has 1 aliphatic rings. The van der Waals surface area contributed by atoms with Gasteiger partial charge in [0.05, 0.1) is 11.0 Å². The highest BCUT2D eigenvalue weighted by Gasteiger charge is 2.21. The molecule has 0 amide bonds. The van der Waals surface area contributed by atoms with Crippen LogP contribution in [-0.2, 0) is 4.74 Å². The number of anilines is 1. The van der Waals surface area contributed by atoms with Gasteiger partial charge in [-0.25, -0.2) is 4.98 Å². The van der Waals surface area contributed by atoms with Gasteiger partial charge in [0.2, 0.25) is 0 Å². The van der Waals surface area contributed by atoms with E-state index in [0.717, 1.165) is 31.7 Å². The molecule has 6 nitrogen and oxygen atoms in total. The Morgan fingerprint density at radius 1 is 1.61 bits per heavy atom. The van der Waals surface area contributed by atoms with Gasteiger partial charge in [0.1, 0.15) is 12.0 Å². The summed E-state index contributed by atoms with van der Waals surface area (Å²) in [4.78, 5) is 16.4. The van der Waals surface area contributed by atoms with E-state index in [1.54, 1.807) is 6.07 Å². The lowest BCUT2D eigenvalue weighted by molar-refractivity contribution is -0.385. The molecule has 98 valence electrons. The Kier molecular flexibility index (Phi) is 4.09. The largest absolute Gasteiger partial charge is 0.377 e. The third kappa shape index (κ3) is 2.95. The van der Waals surface area contributed by atoms with Crippen LogP contribution in [0.15, 0.2) is 18.3 Å². The zero-order valence-electron chi connectivity index (χ0n) is 10.4. The topological polar surface area (TPSA) is 68.5 Å². The van der Waals surface area contributed by atoms with Crippen LogP contribution in [0.3, 0.4) is 0 Å². The number of ether oxygens (including phenoxy) is 1. The molecule has 2 rings (SSSR count). The van der Waals surface area contributed by atoms with E-state index in [0.29, 0.717) is 6.61 Å². The minimum Gasteiger partial charge on any atom is -0.377 e. The molecule has 1 fully saturated rings. The van der Waals surface area contributed by atoms with Gasteiger partial charge in [-0.2, -0.15) is 0 Å². The maximum Gasteiger partial charge on any atom is 0.287 e. The summed E-state index contributed by atoms with van der Waals surface area (Å²) in [5.41, 5.74) is 0.0251. The van der Waals surface area contributed by atoms with Crippen LogP contribution in [0.5, 0.6) is 0 Å². The predicted molar refractivity (Wildman–Crippen MR) is 67.8 cm³/mol. The lowest BCUT2D eigenvalue weighted by atomic mass is 10.1. The molecular weight excluding hydrogens is 234 g/mol. The second kappa shape index (κ2) is 5.77. The first kappa shape index (κ1) is 12.8. The van der Waals surface area contributed by atoms with E-state index in [9.17, 15) is 10.1 Å². The third-order valence-electron chi connectivity index (χ3n) is 3.05. The second-order valence-electron chi connectivity index (χ2n) is 4.30. The van der Waals surface area contributed by atoms with Crippen LogP contribution >= 0.6 is 0 Å². The Hall–Kier alpha value is -1.69. The van der Waals surface area contributed by atoms with Crippen molar-refractivity contribution >= 4 is 11.5 Å². The lowest BCUT2D eigenvalue weighted by Crippen LogP contribution is -2.40. The zero-order chi connectivity index (χ0) is 13.0. The Morgan fingerprint density at radius 2 is 2.44 bits per heavy atom. The van der Waals surface area contributed by atoms with Crippen LogP contribution in [0.1, 0.15) is 19.8 Å². The molecule has 18 heavy (non-hydrogen) atoms. The maximum atomic E-state index is 10.6. The average molecular weight is 251 g/mol. The van der Waals surface area contributed by atoms with Crippen LogP contribution in [0, 0.1) is 10.1 Å². The molecule has 1 aliphatic heterocycles. The zero-order valence-corrected chi connectivity index (χ0v) is 10.4. The number of rotatable bonds is 4. The first-order valence-corrected chi connectivity index (χ1v) is 6.17. The van der Waals surface area contributed by atoms with Gasteiger partial charge in [-0.05, 0) is 25.8 Å². The average Bonchev–Trinajstić information content (AvgIpc) is 2.39. The van der Waals surface area contributed by atoms with Gasteiger partial charge in [-0.1, -0.05) is 0 Å². The highest BCUT2D eigenvalue weighted by atomic mass is 16.6. The number of nitrogens with zero attached hydrogens (tertiary/aromatic N) is 3. The molecule has 0 aromatic carbocycles. The molecule has 1 unspecified atom stereocenters. The van der Waals surface area contributed by atoms with Crippen molar-refractivity contribution < 1.29 is 9.66 Å². The lowest BCUT2D eigenvalue weighted by Gasteiger charge is -2.33. The van der Waals surface area contributed by atoms with Crippen molar-refractivity contribution in [2.45, 2.75) is 25.9 Å². The van der Waals surface area contributed by atoms with Crippen molar-refractivity contribution in [2.75, 3.05) is 24.6 Å². The van der Waals surface area contributed by atoms with Gasteiger partial charge in [0.15, 0.2) is 0 Å². The van der Waals surface area contributed by atoms with Gasteiger partial charge in [-0.15, -0.1) is 0 Å². The van der Waals surface area contributed by atoms with Crippen molar-refractivity contribution in [1.29, 1.82) is 0 Å². The van der Waals surface area contributed by atoms with Crippen LogP contribution in [0.2, 0.25) is 0 Å². The molecule has 0 N–H and O–H groups in total. The van der Waals surface area contributed by atoms with Crippen LogP contribution < -0.4 is 4.90 Å². The van der Waals surface area contributed by atoms with Crippen LogP contribution in [0.25, 0.3) is 0 Å². The number of pyridine rings is 1.